The smallest absolute Gasteiger partial charge is 0.276 e. The Balaban J connectivity index is 1.79. The molecule has 1 N–H and O–H groups in total. The number of benzene rings is 3. The molecule has 0 aliphatic carbocycles. The van der Waals surface area contributed by atoms with Crippen molar-refractivity contribution in [1.82, 2.24) is 9.78 Å². The zero-order chi connectivity index (χ0) is 21.3. The molecule has 4 aromatic rings. The van der Waals surface area contributed by atoms with Gasteiger partial charge in [0, 0.05) is 26.3 Å². The fourth-order valence-electron chi connectivity index (χ4n) is 2.88. The van der Waals surface area contributed by atoms with Crippen LogP contribution in [0.3, 0.4) is 0 Å². The van der Waals surface area contributed by atoms with Gasteiger partial charge in [-0.2, -0.15) is 5.10 Å². The molecule has 0 radical (unpaired) electrons. The van der Waals surface area contributed by atoms with Crippen molar-refractivity contribution in [2.24, 2.45) is 0 Å². The summed E-state index contributed by atoms with van der Waals surface area (Å²) in [4.78, 5) is 12.8. The number of hydrogen-bond acceptors (Lipinski definition) is 2. The number of carbonyl (C=O) groups excluding carboxylic acids is 1. The summed E-state index contributed by atoms with van der Waals surface area (Å²) in [6.07, 6.45) is 0. The van der Waals surface area contributed by atoms with Crippen molar-refractivity contribution in [2.45, 2.75) is 0 Å². The van der Waals surface area contributed by atoms with Crippen molar-refractivity contribution in [2.75, 3.05) is 5.32 Å². The molecule has 4 nitrogen and oxygen atoms in total. The van der Waals surface area contributed by atoms with Crippen LogP contribution in [-0.2, 0) is 0 Å². The van der Waals surface area contributed by atoms with Gasteiger partial charge in [0.25, 0.3) is 5.91 Å². The van der Waals surface area contributed by atoms with E-state index >= 15 is 0 Å². The molecule has 150 valence electrons. The molecule has 3 aromatic carbocycles. The maximum Gasteiger partial charge on any atom is 0.276 e. The SMILES string of the molecule is O=C(Nc1ccc(Cl)cc1)c1cc(-c2ccc(Cl)cc2)n(-c2cc(Cl)ccc2Cl)n1. The number of nitrogens with one attached hydrogen (secondary N) is 1. The highest BCUT2D eigenvalue weighted by Gasteiger charge is 2.19. The van der Waals surface area contributed by atoms with Crippen LogP contribution in [0.5, 0.6) is 0 Å². The van der Waals surface area contributed by atoms with Gasteiger partial charge in [0.2, 0.25) is 0 Å². The minimum absolute atomic E-state index is 0.214. The fourth-order valence-corrected chi connectivity index (χ4v) is 3.49. The van der Waals surface area contributed by atoms with Crippen LogP contribution in [0.2, 0.25) is 20.1 Å². The molecule has 0 spiro atoms. The van der Waals surface area contributed by atoms with Crippen LogP contribution in [0.4, 0.5) is 5.69 Å². The first-order chi connectivity index (χ1) is 14.4. The monoisotopic (exact) mass is 475 g/mol. The highest BCUT2D eigenvalue weighted by Crippen LogP contribution is 2.30. The first-order valence-electron chi connectivity index (χ1n) is 8.79. The van der Waals surface area contributed by atoms with Gasteiger partial charge < -0.3 is 5.32 Å². The summed E-state index contributed by atoms with van der Waals surface area (Å²) < 4.78 is 1.59. The Morgan fingerprint density at radius 2 is 1.37 bits per heavy atom. The second kappa shape index (κ2) is 8.70. The summed E-state index contributed by atoms with van der Waals surface area (Å²) >= 11 is 24.5. The van der Waals surface area contributed by atoms with Gasteiger partial charge >= 0.3 is 0 Å². The number of carbonyl (C=O) groups is 1. The lowest BCUT2D eigenvalue weighted by Crippen LogP contribution is -2.13. The third-order valence-electron chi connectivity index (χ3n) is 4.32. The maximum absolute atomic E-state index is 12.8. The van der Waals surface area contributed by atoms with Gasteiger partial charge in [-0.05, 0) is 60.7 Å². The minimum Gasteiger partial charge on any atom is -0.321 e. The highest BCUT2D eigenvalue weighted by molar-refractivity contribution is 6.34. The Labute approximate surface area is 192 Å². The molecule has 30 heavy (non-hydrogen) atoms. The molecule has 1 heterocycles. The Bertz CT molecular complexity index is 1220. The molecular formula is C22H13Cl4N3O. The normalized spacial score (nSPS) is 10.8. The Morgan fingerprint density at radius 3 is 2.03 bits per heavy atom. The molecule has 1 amide bonds. The lowest BCUT2D eigenvalue weighted by atomic mass is 10.1. The molecule has 0 aliphatic heterocycles. The lowest BCUT2D eigenvalue weighted by Gasteiger charge is -2.10. The van der Waals surface area contributed by atoms with Gasteiger partial charge in [0.05, 0.1) is 16.4 Å². The minimum atomic E-state index is -0.371. The zero-order valence-corrected chi connectivity index (χ0v) is 18.3. The van der Waals surface area contributed by atoms with Crippen LogP contribution >= 0.6 is 46.4 Å². The van der Waals surface area contributed by atoms with E-state index in [9.17, 15) is 4.79 Å². The van der Waals surface area contributed by atoms with Crippen LogP contribution < -0.4 is 5.32 Å². The van der Waals surface area contributed by atoms with E-state index in [4.69, 9.17) is 46.4 Å². The van der Waals surface area contributed by atoms with Gasteiger partial charge in [0.15, 0.2) is 5.69 Å². The summed E-state index contributed by atoms with van der Waals surface area (Å²) in [5.41, 5.74) is 2.85. The fraction of sp³-hybridized carbons (Fsp3) is 0. The van der Waals surface area contributed by atoms with Gasteiger partial charge in [-0.15, -0.1) is 0 Å². The summed E-state index contributed by atoms with van der Waals surface area (Å²) in [5.74, 6) is -0.371. The van der Waals surface area contributed by atoms with E-state index in [1.165, 1.54) is 0 Å². The van der Waals surface area contributed by atoms with Crippen molar-refractivity contribution >= 4 is 58.0 Å². The number of halogens is 4. The van der Waals surface area contributed by atoms with Crippen LogP contribution in [-0.4, -0.2) is 15.7 Å². The van der Waals surface area contributed by atoms with Crippen LogP contribution in [0.25, 0.3) is 16.9 Å². The summed E-state index contributed by atoms with van der Waals surface area (Å²) in [7, 11) is 0. The predicted molar refractivity (Wildman–Crippen MR) is 123 cm³/mol. The van der Waals surface area contributed by atoms with Crippen molar-refractivity contribution in [3.63, 3.8) is 0 Å². The third-order valence-corrected chi connectivity index (χ3v) is 5.38. The average Bonchev–Trinajstić information content (AvgIpc) is 3.17. The summed E-state index contributed by atoms with van der Waals surface area (Å²) in [6, 6.07) is 20.8. The Morgan fingerprint density at radius 1 is 0.767 bits per heavy atom. The van der Waals surface area contributed by atoms with Gasteiger partial charge in [-0.1, -0.05) is 58.5 Å². The van der Waals surface area contributed by atoms with E-state index in [2.05, 4.69) is 10.4 Å². The summed E-state index contributed by atoms with van der Waals surface area (Å²) in [6.45, 7) is 0. The molecule has 0 unspecified atom stereocenters. The van der Waals surface area contributed by atoms with Crippen molar-refractivity contribution in [3.8, 4) is 16.9 Å². The number of nitrogens with zero attached hydrogens (tertiary/aromatic N) is 2. The van der Waals surface area contributed by atoms with E-state index in [-0.39, 0.29) is 11.6 Å². The second-order valence-electron chi connectivity index (χ2n) is 6.39. The number of rotatable bonds is 4. The van der Waals surface area contributed by atoms with Crippen LogP contribution in [0, 0.1) is 0 Å². The number of anilines is 1. The molecule has 0 aliphatic rings. The Hall–Kier alpha value is -2.50. The van der Waals surface area contributed by atoms with Gasteiger partial charge in [-0.25, -0.2) is 4.68 Å². The van der Waals surface area contributed by atoms with E-state index < -0.39 is 0 Å². The number of aromatic nitrogens is 2. The van der Waals surface area contributed by atoms with Crippen LogP contribution in [0.1, 0.15) is 10.5 Å². The number of amides is 1. The third kappa shape index (κ3) is 4.47. The Kier molecular flexibility index (Phi) is 6.02. The highest BCUT2D eigenvalue weighted by atomic mass is 35.5. The van der Waals surface area contributed by atoms with E-state index in [1.807, 2.05) is 12.1 Å². The largest absolute Gasteiger partial charge is 0.321 e. The molecule has 1 aromatic heterocycles. The zero-order valence-electron chi connectivity index (χ0n) is 15.2. The predicted octanol–water partition coefficient (Wildman–Crippen LogP) is 7.41. The molecular weight excluding hydrogens is 464 g/mol. The van der Waals surface area contributed by atoms with E-state index in [0.29, 0.717) is 37.2 Å². The maximum atomic E-state index is 12.8. The second-order valence-corrected chi connectivity index (χ2v) is 8.11. The first-order valence-corrected chi connectivity index (χ1v) is 10.3. The number of hydrogen-bond donors (Lipinski definition) is 1. The molecule has 4 rings (SSSR count). The molecule has 0 atom stereocenters. The van der Waals surface area contributed by atoms with Gasteiger partial charge in [-0.3, -0.25) is 4.79 Å². The quantitative estimate of drug-likeness (QED) is 0.333. The van der Waals surface area contributed by atoms with Crippen molar-refractivity contribution < 1.29 is 4.79 Å². The van der Waals surface area contributed by atoms with Crippen LogP contribution in [0.15, 0.2) is 72.8 Å². The topological polar surface area (TPSA) is 46.9 Å². The van der Waals surface area contributed by atoms with E-state index in [1.54, 1.807) is 65.3 Å². The summed E-state index contributed by atoms with van der Waals surface area (Å²) in [5, 5.41) is 9.44. The molecule has 8 heteroatoms. The van der Waals surface area contributed by atoms with Crippen molar-refractivity contribution in [3.05, 3.63) is 98.6 Å². The molecule has 0 saturated heterocycles. The van der Waals surface area contributed by atoms with Crippen molar-refractivity contribution in [1.29, 1.82) is 0 Å². The van der Waals surface area contributed by atoms with E-state index in [0.717, 1.165) is 5.56 Å². The lowest BCUT2D eigenvalue weighted by molar-refractivity contribution is 0.102. The molecule has 0 saturated carbocycles. The first kappa shape index (κ1) is 20.8. The molecule has 0 fully saturated rings. The average molecular weight is 477 g/mol. The van der Waals surface area contributed by atoms with Gasteiger partial charge in [0.1, 0.15) is 0 Å². The standard InChI is InChI=1S/C22H13Cl4N3O/c23-14-3-1-13(2-4-14)20-12-19(22(30)27-17-8-5-15(24)6-9-17)28-29(20)21-11-16(25)7-10-18(21)26/h1-12H,(H,27,30). The molecule has 0 bridgehead atoms.